The minimum atomic E-state index is -0.195. The first-order valence-corrected chi connectivity index (χ1v) is 7.00. The number of hydrogen-bond donors (Lipinski definition) is 1. The highest BCUT2D eigenvalue weighted by Gasteiger charge is 2.20. The van der Waals surface area contributed by atoms with Gasteiger partial charge in [-0.2, -0.15) is 10.4 Å². The molecule has 0 aromatic carbocycles. The van der Waals surface area contributed by atoms with E-state index in [1.807, 2.05) is 13.1 Å². The SMILES string of the molecule is C[C@H](Cn1cc(Br)cn1)C(=O)NC1=C(C#N)CCC1. The molecule has 2 rings (SSSR count). The number of amides is 1. The maximum atomic E-state index is 12.1. The zero-order chi connectivity index (χ0) is 13.8. The van der Waals surface area contributed by atoms with Gasteiger partial charge in [-0.3, -0.25) is 9.48 Å². The third kappa shape index (κ3) is 3.44. The Morgan fingerprint density at radius 2 is 2.47 bits per heavy atom. The summed E-state index contributed by atoms with van der Waals surface area (Å²) in [4.78, 5) is 12.1. The Kier molecular flexibility index (Phi) is 4.38. The monoisotopic (exact) mass is 322 g/mol. The first-order valence-electron chi connectivity index (χ1n) is 6.21. The summed E-state index contributed by atoms with van der Waals surface area (Å²) in [5.74, 6) is -0.254. The van der Waals surface area contributed by atoms with Crippen molar-refractivity contribution in [1.29, 1.82) is 5.26 Å². The van der Waals surface area contributed by atoms with Gasteiger partial charge in [-0.15, -0.1) is 0 Å². The molecule has 0 saturated carbocycles. The Hall–Kier alpha value is -1.61. The van der Waals surface area contributed by atoms with E-state index in [-0.39, 0.29) is 11.8 Å². The molecular weight excluding hydrogens is 308 g/mol. The number of allylic oxidation sites excluding steroid dienone is 2. The van der Waals surface area contributed by atoms with Gasteiger partial charge in [-0.05, 0) is 35.2 Å². The fourth-order valence-corrected chi connectivity index (χ4v) is 2.41. The second-order valence-corrected chi connectivity index (χ2v) is 5.61. The molecule has 0 saturated heterocycles. The van der Waals surface area contributed by atoms with E-state index in [9.17, 15) is 4.79 Å². The summed E-state index contributed by atoms with van der Waals surface area (Å²) in [7, 11) is 0. The van der Waals surface area contributed by atoms with Gasteiger partial charge >= 0.3 is 0 Å². The molecule has 1 aliphatic rings. The molecule has 1 atom stereocenters. The van der Waals surface area contributed by atoms with Gasteiger partial charge in [0, 0.05) is 17.5 Å². The second kappa shape index (κ2) is 6.02. The van der Waals surface area contributed by atoms with Crippen LogP contribution in [0.25, 0.3) is 0 Å². The van der Waals surface area contributed by atoms with Crippen LogP contribution in [0.4, 0.5) is 0 Å². The Morgan fingerprint density at radius 3 is 3.11 bits per heavy atom. The maximum Gasteiger partial charge on any atom is 0.228 e. The van der Waals surface area contributed by atoms with Gasteiger partial charge in [0.2, 0.25) is 5.91 Å². The molecular formula is C13H15BrN4O. The summed E-state index contributed by atoms with van der Waals surface area (Å²) in [6.07, 6.45) is 6.03. The van der Waals surface area contributed by atoms with Gasteiger partial charge in [0.25, 0.3) is 0 Å². The van der Waals surface area contributed by atoms with Crippen molar-refractivity contribution >= 4 is 21.8 Å². The number of nitriles is 1. The van der Waals surface area contributed by atoms with Gasteiger partial charge in [0.1, 0.15) is 0 Å². The van der Waals surface area contributed by atoms with E-state index in [1.54, 1.807) is 10.9 Å². The van der Waals surface area contributed by atoms with E-state index in [2.05, 4.69) is 32.4 Å². The van der Waals surface area contributed by atoms with E-state index in [0.717, 1.165) is 29.4 Å². The van der Waals surface area contributed by atoms with Crippen molar-refractivity contribution < 1.29 is 4.79 Å². The number of aromatic nitrogens is 2. The highest BCUT2D eigenvalue weighted by atomic mass is 79.9. The fourth-order valence-electron chi connectivity index (χ4n) is 2.08. The Labute approximate surface area is 120 Å². The molecule has 0 spiro atoms. The third-order valence-corrected chi connectivity index (χ3v) is 3.55. The smallest absolute Gasteiger partial charge is 0.228 e. The summed E-state index contributed by atoms with van der Waals surface area (Å²) in [5, 5.41) is 15.9. The van der Waals surface area contributed by atoms with Gasteiger partial charge in [0.15, 0.2) is 0 Å². The average molecular weight is 323 g/mol. The van der Waals surface area contributed by atoms with Crippen LogP contribution in [-0.2, 0) is 11.3 Å². The van der Waals surface area contributed by atoms with Crippen molar-refractivity contribution in [2.75, 3.05) is 0 Å². The van der Waals surface area contributed by atoms with Crippen molar-refractivity contribution in [1.82, 2.24) is 15.1 Å². The minimum Gasteiger partial charge on any atom is -0.328 e. The number of nitrogens with one attached hydrogen (secondary N) is 1. The van der Waals surface area contributed by atoms with Crippen LogP contribution in [0.5, 0.6) is 0 Å². The Bertz CT molecular complexity index is 555. The van der Waals surface area contributed by atoms with Crippen molar-refractivity contribution in [2.45, 2.75) is 32.7 Å². The highest BCUT2D eigenvalue weighted by molar-refractivity contribution is 9.10. The van der Waals surface area contributed by atoms with Crippen molar-refractivity contribution in [3.63, 3.8) is 0 Å². The normalized spacial score (nSPS) is 16.3. The minimum absolute atomic E-state index is 0.0590. The molecule has 100 valence electrons. The van der Waals surface area contributed by atoms with Crippen LogP contribution in [0.2, 0.25) is 0 Å². The predicted molar refractivity (Wildman–Crippen MR) is 73.7 cm³/mol. The van der Waals surface area contributed by atoms with Gasteiger partial charge in [-0.25, -0.2) is 0 Å². The van der Waals surface area contributed by atoms with E-state index >= 15 is 0 Å². The largest absolute Gasteiger partial charge is 0.328 e. The van der Waals surface area contributed by atoms with Crippen LogP contribution in [0.3, 0.4) is 0 Å². The molecule has 1 aliphatic carbocycles. The molecule has 0 radical (unpaired) electrons. The molecule has 5 nitrogen and oxygen atoms in total. The Morgan fingerprint density at radius 1 is 1.68 bits per heavy atom. The second-order valence-electron chi connectivity index (χ2n) is 4.69. The quantitative estimate of drug-likeness (QED) is 0.925. The predicted octanol–water partition coefficient (Wildman–Crippen LogP) is 2.36. The van der Waals surface area contributed by atoms with Crippen LogP contribution in [0.15, 0.2) is 28.1 Å². The lowest BCUT2D eigenvalue weighted by Crippen LogP contribution is -2.31. The molecule has 0 unspecified atom stereocenters. The van der Waals surface area contributed by atoms with Crippen LogP contribution in [0, 0.1) is 17.2 Å². The molecule has 1 aromatic heterocycles. The van der Waals surface area contributed by atoms with Gasteiger partial charge in [0.05, 0.1) is 29.2 Å². The number of nitrogens with zero attached hydrogens (tertiary/aromatic N) is 3. The van der Waals surface area contributed by atoms with Crippen molar-refractivity contribution in [3.8, 4) is 6.07 Å². The zero-order valence-corrected chi connectivity index (χ0v) is 12.3. The lowest BCUT2D eigenvalue weighted by molar-refractivity contribution is -0.124. The van der Waals surface area contributed by atoms with E-state index in [0.29, 0.717) is 12.1 Å². The first kappa shape index (κ1) is 13.8. The lowest BCUT2D eigenvalue weighted by atomic mass is 10.1. The molecule has 0 aliphatic heterocycles. The van der Waals surface area contributed by atoms with Crippen molar-refractivity contribution in [3.05, 3.63) is 28.1 Å². The van der Waals surface area contributed by atoms with Crippen LogP contribution < -0.4 is 5.32 Å². The molecule has 0 fully saturated rings. The van der Waals surface area contributed by atoms with Crippen LogP contribution in [-0.4, -0.2) is 15.7 Å². The van der Waals surface area contributed by atoms with E-state index in [4.69, 9.17) is 5.26 Å². The highest BCUT2D eigenvalue weighted by Crippen LogP contribution is 2.23. The molecule has 6 heteroatoms. The topological polar surface area (TPSA) is 70.7 Å². The molecule has 0 bridgehead atoms. The summed E-state index contributed by atoms with van der Waals surface area (Å²) in [5.41, 5.74) is 1.50. The number of carbonyl (C=O) groups is 1. The first-order chi connectivity index (χ1) is 9.10. The van der Waals surface area contributed by atoms with Gasteiger partial charge < -0.3 is 5.32 Å². The lowest BCUT2D eigenvalue weighted by Gasteiger charge is -2.13. The summed E-state index contributed by atoms with van der Waals surface area (Å²) in [6.45, 7) is 2.37. The van der Waals surface area contributed by atoms with Crippen LogP contribution in [0.1, 0.15) is 26.2 Å². The average Bonchev–Trinajstić information content (AvgIpc) is 2.98. The molecule has 1 amide bonds. The summed E-state index contributed by atoms with van der Waals surface area (Å²) >= 11 is 3.32. The number of halogens is 1. The van der Waals surface area contributed by atoms with Crippen LogP contribution >= 0.6 is 15.9 Å². The van der Waals surface area contributed by atoms with Gasteiger partial charge in [-0.1, -0.05) is 6.92 Å². The fraction of sp³-hybridized carbons (Fsp3) is 0.462. The maximum absolute atomic E-state index is 12.1. The summed E-state index contributed by atoms with van der Waals surface area (Å²) in [6, 6.07) is 2.15. The zero-order valence-electron chi connectivity index (χ0n) is 10.7. The number of rotatable bonds is 4. The molecule has 1 heterocycles. The Balaban J connectivity index is 1.95. The molecule has 1 aromatic rings. The third-order valence-electron chi connectivity index (χ3n) is 3.14. The van der Waals surface area contributed by atoms with E-state index < -0.39 is 0 Å². The molecule has 19 heavy (non-hydrogen) atoms. The number of hydrogen-bond acceptors (Lipinski definition) is 3. The standard InChI is InChI=1S/C13H15BrN4O/c1-9(7-18-8-11(14)6-16-18)13(19)17-12-4-2-3-10(12)5-15/h6,8-9H,2-4,7H2,1H3,(H,17,19)/t9-/m1/s1. The van der Waals surface area contributed by atoms with E-state index in [1.165, 1.54) is 0 Å². The molecule has 1 N–H and O–H groups in total. The number of carbonyl (C=O) groups excluding carboxylic acids is 1. The van der Waals surface area contributed by atoms with Crippen molar-refractivity contribution in [2.24, 2.45) is 5.92 Å². The summed E-state index contributed by atoms with van der Waals surface area (Å²) < 4.78 is 2.62.